The fourth-order valence-corrected chi connectivity index (χ4v) is 2.72. The summed E-state index contributed by atoms with van der Waals surface area (Å²) in [5, 5.41) is 4.87. The van der Waals surface area contributed by atoms with Gasteiger partial charge in [0.1, 0.15) is 5.65 Å². The molecule has 1 unspecified atom stereocenters. The first-order valence-electron chi connectivity index (χ1n) is 7.61. The van der Waals surface area contributed by atoms with Gasteiger partial charge in [-0.05, 0) is 57.4 Å². The number of rotatable bonds is 6. The summed E-state index contributed by atoms with van der Waals surface area (Å²) in [4.78, 5) is 4.89. The molecule has 0 amide bonds. The van der Waals surface area contributed by atoms with E-state index in [4.69, 9.17) is 10.7 Å². The molecule has 3 rings (SSSR count). The largest absolute Gasteiger partial charge is 0.332 e. The second-order valence-corrected chi connectivity index (χ2v) is 5.92. The van der Waals surface area contributed by atoms with Gasteiger partial charge in [-0.2, -0.15) is 0 Å². The Morgan fingerprint density at radius 3 is 2.95 bits per heavy atom. The molecule has 0 aromatic carbocycles. The Kier molecular flexibility index (Phi) is 3.76. The van der Waals surface area contributed by atoms with Crippen LogP contribution in [0.3, 0.4) is 0 Å². The minimum Gasteiger partial charge on any atom is -0.332 e. The van der Waals surface area contributed by atoms with Crippen LogP contribution in [0, 0.1) is 6.92 Å². The van der Waals surface area contributed by atoms with Gasteiger partial charge in [0.2, 0.25) is 0 Å². The zero-order valence-electron chi connectivity index (χ0n) is 12.4. The van der Waals surface area contributed by atoms with Crippen molar-refractivity contribution in [1.29, 1.82) is 0 Å². The third-order valence-electron chi connectivity index (χ3n) is 4.05. The minimum absolute atomic E-state index is 0.324. The first-order valence-corrected chi connectivity index (χ1v) is 7.61. The molecule has 108 valence electrons. The van der Waals surface area contributed by atoms with E-state index in [1.807, 2.05) is 0 Å². The Labute approximate surface area is 120 Å². The van der Waals surface area contributed by atoms with Gasteiger partial charge in [0, 0.05) is 30.2 Å². The van der Waals surface area contributed by atoms with Gasteiger partial charge in [0.25, 0.3) is 0 Å². The maximum atomic E-state index is 5.62. The Bertz CT molecular complexity index is 598. The number of fused-ring (bicyclic) bond motifs is 1. The van der Waals surface area contributed by atoms with E-state index >= 15 is 0 Å². The van der Waals surface area contributed by atoms with Crippen LogP contribution in [-0.2, 0) is 6.54 Å². The third kappa shape index (κ3) is 2.72. The molecule has 1 aliphatic rings. The number of nitrogens with zero attached hydrogens (tertiary/aromatic N) is 2. The molecule has 0 radical (unpaired) electrons. The molecule has 1 atom stereocenters. The molecular formula is C16H24N4. The van der Waals surface area contributed by atoms with E-state index in [0.717, 1.165) is 30.9 Å². The highest BCUT2D eigenvalue weighted by Gasteiger charge is 2.24. The molecule has 4 heteroatoms. The van der Waals surface area contributed by atoms with Crippen molar-refractivity contribution in [3.63, 3.8) is 0 Å². The summed E-state index contributed by atoms with van der Waals surface area (Å²) in [6.07, 6.45) is 5.79. The van der Waals surface area contributed by atoms with E-state index in [1.54, 1.807) is 0 Å². The van der Waals surface area contributed by atoms with Crippen molar-refractivity contribution in [3.8, 4) is 0 Å². The molecule has 2 aromatic heterocycles. The average Bonchev–Trinajstić information content (AvgIpc) is 3.20. The number of pyridine rings is 1. The Hall–Kier alpha value is -1.39. The van der Waals surface area contributed by atoms with Gasteiger partial charge in [-0.3, -0.25) is 0 Å². The molecule has 20 heavy (non-hydrogen) atoms. The predicted octanol–water partition coefficient (Wildman–Crippen LogP) is 2.51. The zero-order valence-corrected chi connectivity index (χ0v) is 12.4. The van der Waals surface area contributed by atoms with Crippen LogP contribution in [0.1, 0.15) is 43.5 Å². The summed E-state index contributed by atoms with van der Waals surface area (Å²) in [5.41, 5.74) is 9.14. The molecule has 1 aliphatic carbocycles. The number of hydrogen-bond donors (Lipinski definition) is 2. The van der Waals surface area contributed by atoms with Crippen LogP contribution in [0.4, 0.5) is 0 Å². The fourth-order valence-electron chi connectivity index (χ4n) is 2.72. The van der Waals surface area contributed by atoms with E-state index in [0.29, 0.717) is 12.1 Å². The summed E-state index contributed by atoms with van der Waals surface area (Å²) < 4.78 is 2.24. The Balaban J connectivity index is 1.90. The summed E-state index contributed by atoms with van der Waals surface area (Å²) >= 11 is 0. The molecular weight excluding hydrogens is 248 g/mol. The summed E-state index contributed by atoms with van der Waals surface area (Å²) in [6.45, 7) is 6.01. The van der Waals surface area contributed by atoms with Gasteiger partial charge in [-0.25, -0.2) is 4.98 Å². The SMILES string of the molecule is Cc1cn(CCCN)c2nc(C(C)NC3CC3)ccc12. The number of nitrogens with one attached hydrogen (secondary N) is 1. The highest BCUT2D eigenvalue weighted by Crippen LogP contribution is 2.25. The van der Waals surface area contributed by atoms with E-state index in [1.165, 1.54) is 23.8 Å². The lowest BCUT2D eigenvalue weighted by Crippen LogP contribution is -2.21. The van der Waals surface area contributed by atoms with Crippen molar-refractivity contribution >= 4 is 11.0 Å². The lowest BCUT2D eigenvalue weighted by molar-refractivity contribution is 0.558. The van der Waals surface area contributed by atoms with Gasteiger partial charge in [-0.1, -0.05) is 0 Å². The van der Waals surface area contributed by atoms with Crippen molar-refractivity contribution in [2.45, 2.75) is 51.7 Å². The predicted molar refractivity (Wildman–Crippen MR) is 82.7 cm³/mol. The van der Waals surface area contributed by atoms with E-state index in [9.17, 15) is 0 Å². The highest BCUT2D eigenvalue weighted by atomic mass is 15.1. The first-order chi connectivity index (χ1) is 9.69. The maximum absolute atomic E-state index is 5.62. The summed E-state index contributed by atoms with van der Waals surface area (Å²) in [7, 11) is 0. The van der Waals surface area contributed by atoms with Crippen molar-refractivity contribution in [2.24, 2.45) is 5.73 Å². The lowest BCUT2D eigenvalue weighted by atomic mass is 10.1. The maximum Gasteiger partial charge on any atom is 0.140 e. The topological polar surface area (TPSA) is 55.9 Å². The van der Waals surface area contributed by atoms with E-state index in [2.05, 4.69) is 42.1 Å². The monoisotopic (exact) mass is 272 g/mol. The molecule has 1 saturated carbocycles. The van der Waals surface area contributed by atoms with Gasteiger partial charge in [0.15, 0.2) is 0 Å². The van der Waals surface area contributed by atoms with Crippen molar-refractivity contribution in [3.05, 3.63) is 29.6 Å². The number of hydrogen-bond acceptors (Lipinski definition) is 3. The van der Waals surface area contributed by atoms with Crippen molar-refractivity contribution in [1.82, 2.24) is 14.9 Å². The van der Waals surface area contributed by atoms with Crippen molar-refractivity contribution in [2.75, 3.05) is 6.54 Å². The van der Waals surface area contributed by atoms with E-state index < -0.39 is 0 Å². The molecule has 0 aliphatic heterocycles. The van der Waals surface area contributed by atoms with E-state index in [-0.39, 0.29) is 0 Å². The fraction of sp³-hybridized carbons (Fsp3) is 0.562. The number of nitrogens with two attached hydrogens (primary N) is 1. The van der Waals surface area contributed by atoms with Crippen LogP contribution in [0.2, 0.25) is 0 Å². The molecule has 0 saturated heterocycles. The summed E-state index contributed by atoms with van der Waals surface area (Å²) in [6, 6.07) is 5.39. The number of aryl methyl sites for hydroxylation is 2. The molecule has 2 heterocycles. The third-order valence-corrected chi connectivity index (χ3v) is 4.05. The molecule has 0 spiro atoms. The molecule has 2 aromatic rings. The summed E-state index contributed by atoms with van der Waals surface area (Å²) in [5.74, 6) is 0. The van der Waals surface area contributed by atoms with Crippen LogP contribution in [-0.4, -0.2) is 22.1 Å². The van der Waals surface area contributed by atoms with Crippen LogP contribution in [0.25, 0.3) is 11.0 Å². The molecule has 3 N–H and O–H groups in total. The van der Waals surface area contributed by atoms with Gasteiger partial charge in [0.05, 0.1) is 5.69 Å². The molecule has 1 fully saturated rings. The Morgan fingerprint density at radius 1 is 1.45 bits per heavy atom. The molecule has 4 nitrogen and oxygen atoms in total. The van der Waals surface area contributed by atoms with Gasteiger partial charge >= 0.3 is 0 Å². The van der Waals surface area contributed by atoms with Gasteiger partial charge < -0.3 is 15.6 Å². The zero-order chi connectivity index (χ0) is 14.1. The Morgan fingerprint density at radius 2 is 2.25 bits per heavy atom. The smallest absolute Gasteiger partial charge is 0.140 e. The normalized spacial score (nSPS) is 16.8. The average molecular weight is 272 g/mol. The van der Waals surface area contributed by atoms with Gasteiger partial charge in [-0.15, -0.1) is 0 Å². The van der Waals surface area contributed by atoms with Crippen LogP contribution in [0.15, 0.2) is 18.3 Å². The quantitative estimate of drug-likeness (QED) is 0.849. The number of aromatic nitrogens is 2. The van der Waals surface area contributed by atoms with Crippen molar-refractivity contribution < 1.29 is 0 Å². The van der Waals surface area contributed by atoms with Crippen LogP contribution >= 0.6 is 0 Å². The minimum atomic E-state index is 0.324. The van der Waals surface area contributed by atoms with Crippen LogP contribution < -0.4 is 11.1 Å². The standard InChI is InChI=1S/C16H24N4/c1-11-10-20(9-3-8-17)16-14(11)6-7-15(19-16)12(2)18-13-4-5-13/h6-7,10,12-13,18H,3-5,8-9,17H2,1-2H3. The second kappa shape index (κ2) is 5.54. The lowest BCUT2D eigenvalue weighted by Gasteiger charge is -2.13. The molecule has 0 bridgehead atoms. The van der Waals surface area contributed by atoms with Crippen LogP contribution in [0.5, 0.6) is 0 Å². The first kappa shape index (κ1) is 13.6. The highest BCUT2D eigenvalue weighted by molar-refractivity contribution is 5.80. The second-order valence-electron chi connectivity index (χ2n) is 5.92.